The van der Waals surface area contributed by atoms with Crippen LogP contribution in [0.5, 0.6) is 0 Å². The van der Waals surface area contributed by atoms with Gasteiger partial charge in [0.2, 0.25) is 0 Å². The van der Waals surface area contributed by atoms with Crippen LogP contribution < -0.4 is 4.90 Å². The maximum absolute atomic E-state index is 14.5. The molecule has 1 saturated heterocycles. The van der Waals surface area contributed by atoms with E-state index in [4.69, 9.17) is 0 Å². The molecule has 218 valence electrons. The largest absolute Gasteiger partial charge is 0.337 e. The minimum Gasteiger partial charge on any atom is -0.317 e. The van der Waals surface area contributed by atoms with E-state index in [2.05, 4.69) is 11.1 Å². The van der Waals surface area contributed by atoms with Gasteiger partial charge >= 0.3 is 12.1 Å². The average molecular weight is 599 g/mol. The van der Waals surface area contributed by atoms with Gasteiger partial charge in [-0.05, 0) is 66.8 Å². The fourth-order valence-electron chi connectivity index (χ4n) is 5.73. The predicted octanol–water partition coefficient (Wildman–Crippen LogP) is 5.56. The zero-order chi connectivity index (χ0) is 30.9. The Balaban J connectivity index is 1.75. The van der Waals surface area contributed by atoms with Crippen molar-refractivity contribution in [3.63, 3.8) is 0 Å². The molecule has 0 saturated carbocycles. The summed E-state index contributed by atoms with van der Waals surface area (Å²) in [6, 6.07) is 14.3. The van der Waals surface area contributed by atoms with Gasteiger partial charge in [-0.15, -0.1) is 0 Å². The molecule has 0 N–H and O–H groups in total. The summed E-state index contributed by atoms with van der Waals surface area (Å²) in [5.41, 5.74) is 1.48. The molecule has 43 heavy (non-hydrogen) atoms. The SMILES string of the molecule is CC1=C(C#N)[C@@H](c2ccc(C#N)cc2S(C)(=O)=O)N(C(=O)N2CCCC2c2cccnc2)C(=O)N1c1cccc(CF)c1. The van der Waals surface area contributed by atoms with Gasteiger partial charge in [0, 0.05) is 30.9 Å². The number of nitrogens with zero attached hydrogens (tertiary/aromatic N) is 6. The van der Waals surface area contributed by atoms with Gasteiger partial charge in [0.05, 0.1) is 39.9 Å². The van der Waals surface area contributed by atoms with Gasteiger partial charge in [-0.3, -0.25) is 9.88 Å². The highest BCUT2D eigenvalue weighted by molar-refractivity contribution is 7.90. The second-order valence-corrected chi connectivity index (χ2v) is 12.3. The maximum atomic E-state index is 14.5. The average Bonchev–Trinajstić information content (AvgIpc) is 3.51. The zero-order valence-corrected chi connectivity index (χ0v) is 24.3. The van der Waals surface area contributed by atoms with Crippen LogP contribution in [0.3, 0.4) is 0 Å². The normalized spacial score (nSPS) is 18.9. The lowest BCUT2D eigenvalue weighted by Gasteiger charge is -2.43. The van der Waals surface area contributed by atoms with Crippen molar-refractivity contribution in [1.29, 1.82) is 10.5 Å². The van der Waals surface area contributed by atoms with Crippen LogP contribution in [0.15, 0.2) is 83.2 Å². The number of likely N-dealkylation sites (tertiary alicyclic amines) is 1. The number of rotatable bonds is 5. The van der Waals surface area contributed by atoms with E-state index >= 15 is 0 Å². The monoisotopic (exact) mass is 598 g/mol. The van der Waals surface area contributed by atoms with E-state index in [1.54, 1.807) is 36.7 Å². The van der Waals surface area contributed by atoms with Gasteiger partial charge in [0.25, 0.3) is 0 Å². The van der Waals surface area contributed by atoms with Gasteiger partial charge in [0.1, 0.15) is 12.7 Å². The summed E-state index contributed by atoms with van der Waals surface area (Å²) in [4.78, 5) is 36.5. The van der Waals surface area contributed by atoms with Crippen molar-refractivity contribution in [2.24, 2.45) is 0 Å². The minimum atomic E-state index is -3.99. The highest BCUT2D eigenvalue weighted by Crippen LogP contribution is 2.43. The summed E-state index contributed by atoms with van der Waals surface area (Å²) in [5, 5.41) is 19.9. The number of carbonyl (C=O) groups excluding carboxylic acids is 2. The number of urea groups is 2. The van der Waals surface area contributed by atoms with Crippen LogP contribution in [0.2, 0.25) is 0 Å². The number of sulfone groups is 1. The van der Waals surface area contributed by atoms with E-state index in [0.717, 1.165) is 16.7 Å². The first kappa shape index (κ1) is 29.4. The number of allylic oxidation sites excluding steroid dienone is 1. The Hall–Kier alpha value is -5.07. The summed E-state index contributed by atoms with van der Waals surface area (Å²) < 4.78 is 39.6. The van der Waals surface area contributed by atoms with Crippen LogP contribution in [0.4, 0.5) is 19.7 Å². The lowest BCUT2D eigenvalue weighted by atomic mass is 9.93. The Morgan fingerprint density at radius 2 is 1.91 bits per heavy atom. The molecule has 1 aromatic heterocycles. The van der Waals surface area contributed by atoms with Crippen molar-refractivity contribution >= 4 is 27.6 Å². The third-order valence-electron chi connectivity index (χ3n) is 7.71. The van der Waals surface area contributed by atoms with Gasteiger partial charge in [-0.2, -0.15) is 10.5 Å². The number of aromatic nitrogens is 1. The summed E-state index contributed by atoms with van der Waals surface area (Å²) in [6.07, 6.45) is 5.47. The van der Waals surface area contributed by atoms with E-state index in [1.165, 1.54) is 41.0 Å². The molecule has 0 aliphatic carbocycles. The summed E-state index contributed by atoms with van der Waals surface area (Å²) in [5.74, 6) is 0. The first-order chi connectivity index (χ1) is 20.6. The Kier molecular flexibility index (Phi) is 7.98. The highest BCUT2D eigenvalue weighted by Gasteiger charge is 2.48. The van der Waals surface area contributed by atoms with Crippen molar-refractivity contribution in [3.8, 4) is 12.1 Å². The first-order valence-corrected chi connectivity index (χ1v) is 15.3. The van der Waals surface area contributed by atoms with Crippen LogP contribution >= 0.6 is 0 Å². The van der Waals surface area contributed by atoms with Crippen LogP contribution in [-0.4, -0.2) is 48.1 Å². The number of halogens is 1. The molecule has 4 amide bonds. The standard InChI is InChI=1S/C31H27FN6O4S/c1-20-26(18-34)29(25-11-10-22(17-33)15-28(25)43(2,41)42)38(31(40)37(20)24-8-3-6-21(14-24)16-32)30(39)36-13-5-9-27(36)23-7-4-12-35-19-23/h3-4,6-8,10-12,14-15,19,27,29H,5,9,13,16H2,1-2H3/t27?,29-/m1/s1. The van der Waals surface area contributed by atoms with Crippen LogP contribution in [0.1, 0.15) is 54.1 Å². The number of amides is 4. The molecule has 2 aliphatic rings. The fraction of sp³-hybridized carbons (Fsp3) is 0.258. The number of alkyl halides is 1. The van der Waals surface area contributed by atoms with Crippen molar-refractivity contribution in [2.45, 2.75) is 43.4 Å². The number of hydrogen-bond donors (Lipinski definition) is 0. The molecule has 1 fully saturated rings. The Labute approximate surface area is 248 Å². The van der Waals surface area contributed by atoms with Crippen LogP contribution in [0.25, 0.3) is 0 Å². The number of imide groups is 1. The van der Waals surface area contributed by atoms with Crippen molar-refractivity contribution < 1.29 is 22.4 Å². The van der Waals surface area contributed by atoms with E-state index in [1.807, 2.05) is 12.1 Å². The molecule has 0 spiro atoms. The Bertz CT molecular complexity index is 1830. The van der Waals surface area contributed by atoms with E-state index in [0.29, 0.717) is 24.9 Å². The lowest BCUT2D eigenvalue weighted by molar-refractivity contribution is 0.140. The number of pyridine rings is 1. The topological polar surface area (TPSA) is 138 Å². The molecule has 3 aromatic rings. The van der Waals surface area contributed by atoms with Crippen molar-refractivity contribution in [2.75, 3.05) is 17.7 Å². The van der Waals surface area contributed by atoms with Gasteiger partial charge in [-0.25, -0.2) is 27.3 Å². The summed E-state index contributed by atoms with van der Waals surface area (Å²) >= 11 is 0. The maximum Gasteiger partial charge on any atom is 0.337 e. The second-order valence-electron chi connectivity index (χ2n) is 10.4. The van der Waals surface area contributed by atoms with E-state index < -0.39 is 40.7 Å². The van der Waals surface area contributed by atoms with E-state index in [9.17, 15) is 32.9 Å². The Morgan fingerprint density at radius 1 is 1.12 bits per heavy atom. The number of anilines is 1. The lowest BCUT2D eigenvalue weighted by Crippen LogP contribution is -2.56. The third kappa shape index (κ3) is 5.33. The number of benzene rings is 2. The molecule has 3 heterocycles. The third-order valence-corrected chi connectivity index (χ3v) is 8.86. The highest BCUT2D eigenvalue weighted by atomic mass is 32.2. The number of nitriles is 2. The second kappa shape index (κ2) is 11.7. The Morgan fingerprint density at radius 3 is 2.56 bits per heavy atom. The van der Waals surface area contributed by atoms with Gasteiger partial charge in [-0.1, -0.05) is 24.3 Å². The number of hydrogen-bond acceptors (Lipinski definition) is 7. The molecule has 0 bridgehead atoms. The number of carbonyl (C=O) groups is 2. The molecular formula is C31H27FN6O4S. The molecule has 2 aromatic carbocycles. The van der Waals surface area contributed by atoms with Crippen molar-refractivity contribution in [1.82, 2.24) is 14.8 Å². The van der Waals surface area contributed by atoms with Crippen LogP contribution in [0, 0.1) is 22.7 Å². The quantitative estimate of drug-likeness (QED) is 0.374. The molecule has 10 nitrogen and oxygen atoms in total. The van der Waals surface area contributed by atoms with E-state index in [-0.39, 0.29) is 33.0 Å². The van der Waals surface area contributed by atoms with Gasteiger partial charge < -0.3 is 4.90 Å². The molecular weight excluding hydrogens is 571 g/mol. The zero-order valence-electron chi connectivity index (χ0n) is 23.4. The molecule has 5 rings (SSSR count). The molecule has 12 heteroatoms. The van der Waals surface area contributed by atoms with Crippen molar-refractivity contribution in [3.05, 3.63) is 101 Å². The summed E-state index contributed by atoms with van der Waals surface area (Å²) in [6.45, 7) is 1.03. The fourth-order valence-corrected chi connectivity index (χ4v) is 6.67. The molecule has 0 radical (unpaired) electrons. The molecule has 2 aliphatic heterocycles. The first-order valence-electron chi connectivity index (χ1n) is 13.4. The summed E-state index contributed by atoms with van der Waals surface area (Å²) in [7, 11) is -3.99. The minimum absolute atomic E-state index is 0.00776. The smallest absolute Gasteiger partial charge is 0.317 e. The van der Waals surface area contributed by atoms with Crippen LogP contribution in [-0.2, 0) is 16.5 Å². The molecule has 1 unspecified atom stereocenters. The molecule has 2 atom stereocenters. The predicted molar refractivity (Wildman–Crippen MR) is 155 cm³/mol. The van der Waals surface area contributed by atoms with Gasteiger partial charge in [0.15, 0.2) is 9.84 Å².